The van der Waals surface area contributed by atoms with Crippen molar-refractivity contribution >= 4 is 17.5 Å². The maximum Gasteiger partial charge on any atom is 0.287 e. The third kappa shape index (κ3) is 5.24. The van der Waals surface area contributed by atoms with Gasteiger partial charge in [-0.1, -0.05) is 54.1 Å². The minimum Gasteiger partial charge on any atom is -0.450 e. The molecule has 0 bridgehead atoms. The normalized spacial score (nSPS) is 14.6. The number of benzene rings is 2. The topological polar surface area (TPSA) is 46.7 Å². The van der Waals surface area contributed by atoms with Crippen LogP contribution in [0.1, 0.15) is 40.3 Å². The summed E-state index contributed by atoms with van der Waals surface area (Å²) in [6.45, 7) is 2.42. The van der Waals surface area contributed by atoms with Crippen LogP contribution in [-0.4, -0.2) is 11.9 Å². The Morgan fingerprint density at radius 3 is 2.29 bits per heavy atom. The number of quaternary nitrogens is 1. The quantitative estimate of drug-likeness (QED) is 0.612. The summed E-state index contributed by atoms with van der Waals surface area (Å²) in [6, 6.07) is 22.4. The molecule has 2 N–H and O–H groups in total. The molecule has 1 aliphatic rings. The summed E-state index contributed by atoms with van der Waals surface area (Å²) < 4.78 is 5.85. The summed E-state index contributed by atoms with van der Waals surface area (Å²) in [5, 5.41) is 3.71. The smallest absolute Gasteiger partial charge is 0.287 e. The fraction of sp³-hybridized carbons (Fsp3) is 0.261. The van der Waals surface area contributed by atoms with E-state index >= 15 is 0 Å². The van der Waals surface area contributed by atoms with Gasteiger partial charge in [0, 0.05) is 22.2 Å². The lowest BCUT2D eigenvalue weighted by Crippen LogP contribution is -3.08. The molecule has 1 saturated carbocycles. The molecular formula is C23H24ClN2O2+. The molecule has 5 heteroatoms. The molecule has 0 spiro atoms. The van der Waals surface area contributed by atoms with Crippen LogP contribution in [0.2, 0.25) is 5.02 Å². The predicted molar refractivity (Wildman–Crippen MR) is 109 cm³/mol. The van der Waals surface area contributed by atoms with Crippen LogP contribution in [0.25, 0.3) is 0 Å². The number of hydrogen-bond acceptors (Lipinski definition) is 2. The van der Waals surface area contributed by atoms with E-state index in [1.54, 1.807) is 6.07 Å². The third-order valence-electron chi connectivity index (χ3n) is 4.89. The van der Waals surface area contributed by atoms with Crippen molar-refractivity contribution in [3.8, 4) is 0 Å². The first kappa shape index (κ1) is 18.8. The van der Waals surface area contributed by atoms with E-state index in [2.05, 4.69) is 41.7 Å². The van der Waals surface area contributed by atoms with Crippen LogP contribution in [0, 0.1) is 0 Å². The third-order valence-corrected chi connectivity index (χ3v) is 5.14. The lowest BCUT2D eigenvalue weighted by atomic mass is 10.1. The van der Waals surface area contributed by atoms with E-state index in [-0.39, 0.29) is 5.91 Å². The SMILES string of the molecule is O=C(NC1CC1)c1ccc(C[NH+](Cc2ccccc2)Cc2ccc(Cl)cc2)o1. The fourth-order valence-electron chi connectivity index (χ4n) is 3.29. The zero-order valence-corrected chi connectivity index (χ0v) is 16.4. The molecule has 1 fully saturated rings. The molecule has 1 unspecified atom stereocenters. The van der Waals surface area contributed by atoms with Crippen LogP contribution in [0.3, 0.4) is 0 Å². The van der Waals surface area contributed by atoms with Gasteiger partial charge < -0.3 is 14.6 Å². The number of halogens is 1. The van der Waals surface area contributed by atoms with Crippen molar-refractivity contribution in [3.05, 3.63) is 94.4 Å². The van der Waals surface area contributed by atoms with Gasteiger partial charge >= 0.3 is 0 Å². The monoisotopic (exact) mass is 395 g/mol. The highest BCUT2D eigenvalue weighted by Gasteiger charge is 2.25. The van der Waals surface area contributed by atoms with Gasteiger partial charge in [-0.25, -0.2) is 0 Å². The van der Waals surface area contributed by atoms with Crippen molar-refractivity contribution in [1.82, 2.24) is 5.32 Å². The first-order chi connectivity index (χ1) is 13.7. The number of amides is 1. The number of rotatable bonds is 8. The van der Waals surface area contributed by atoms with E-state index in [4.69, 9.17) is 16.0 Å². The van der Waals surface area contributed by atoms with Crippen molar-refractivity contribution in [2.45, 2.75) is 38.5 Å². The Labute approximate surface area is 170 Å². The zero-order valence-electron chi connectivity index (χ0n) is 15.7. The Kier molecular flexibility index (Phi) is 5.79. The number of hydrogen-bond donors (Lipinski definition) is 2. The summed E-state index contributed by atoms with van der Waals surface area (Å²) >= 11 is 6.02. The molecule has 1 aromatic heterocycles. The van der Waals surface area contributed by atoms with E-state index in [9.17, 15) is 4.79 Å². The summed E-state index contributed by atoms with van der Waals surface area (Å²) in [5.41, 5.74) is 2.48. The Hall–Kier alpha value is -2.56. The fourth-order valence-corrected chi connectivity index (χ4v) is 3.41. The molecule has 1 atom stereocenters. The van der Waals surface area contributed by atoms with Crippen LogP contribution in [0.5, 0.6) is 0 Å². The number of nitrogens with one attached hydrogen (secondary N) is 2. The summed E-state index contributed by atoms with van der Waals surface area (Å²) in [7, 11) is 0. The average Bonchev–Trinajstić information content (AvgIpc) is 3.39. The van der Waals surface area contributed by atoms with Gasteiger partial charge in [0.15, 0.2) is 11.5 Å². The minimum atomic E-state index is -0.115. The second-order valence-corrected chi connectivity index (χ2v) is 7.84. The number of carbonyl (C=O) groups excluding carboxylic acids is 1. The highest BCUT2D eigenvalue weighted by Crippen LogP contribution is 2.19. The molecule has 3 aromatic rings. The molecule has 28 heavy (non-hydrogen) atoms. The van der Waals surface area contributed by atoms with E-state index < -0.39 is 0 Å². The van der Waals surface area contributed by atoms with Gasteiger partial charge in [-0.3, -0.25) is 4.79 Å². The molecule has 1 amide bonds. The Morgan fingerprint density at radius 2 is 1.61 bits per heavy atom. The Bertz CT molecular complexity index is 917. The first-order valence-corrected chi connectivity index (χ1v) is 10.0. The first-order valence-electron chi connectivity index (χ1n) is 9.67. The Balaban J connectivity index is 1.47. The molecular weight excluding hydrogens is 372 g/mol. The van der Waals surface area contributed by atoms with E-state index in [0.29, 0.717) is 18.3 Å². The van der Waals surface area contributed by atoms with E-state index in [1.807, 2.05) is 24.3 Å². The molecule has 0 saturated heterocycles. The van der Waals surface area contributed by atoms with Crippen molar-refractivity contribution in [3.63, 3.8) is 0 Å². The lowest BCUT2D eigenvalue weighted by molar-refractivity contribution is -0.942. The molecule has 0 aliphatic heterocycles. The Morgan fingerprint density at radius 1 is 0.929 bits per heavy atom. The largest absolute Gasteiger partial charge is 0.450 e. The van der Waals surface area contributed by atoms with Gasteiger partial charge in [-0.15, -0.1) is 0 Å². The summed E-state index contributed by atoms with van der Waals surface area (Å²) in [4.78, 5) is 13.5. The van der Waals surface area contributed by atoms with E-state index in [1.165, 1.54) is 16.0 Å². The number of carbonyl (C=O) groups is 1. The maximum atomic E-state index is 12.2. The molecule has 4 rings (SSSR count). The van der Waals surface area contributed by atoms with Crippen molar-refractivity contribution in [2.75, 3.05) is 0 Å². The van der Waals surface area contributed by atoms with Gasteiger partial charge in [0.1, 0.15) is 19.6 Å². The van der Waals surface area contributed by atoms with Crippen LogP contribution in [0.4, 0.5) is 0 Å². The lowest BCUT2D eigenvalue weighted by Gasteiger charge is -2.19. The summed E-state index contributed by atoms with van der Waals surface area (Å²) in [5.74, 6) is 1.10. The van der Waals surface area contributed by atoms with Crippen molar-refractivity contribution < 1.29 is 14.1 Å². The second-order valence-electron chi connectivity index (χ2n) is 7.41. The zero-order chi connectivity index (χ0) is 19.3. The highest BCUT2D eigenvalue weighted by atomic mass is 35.5. The molecule has 144 valence electrons. The highest BCUT2D eigenvalue weighted by molar-refractivity contribution is 6.30. The maximum absolute atomic E-state index is 12.2. The van der Waals surface area contributed by atoms with Crippen LogP contribution in [-0.2, 0) is 19.6 Å². The van der Waals surface area contributed by atoms with Gasteiger partial charge in [0.25, 0.3) is 5.91 Å². The predicted octanol–water partition coefficient (Wildman–Crippen LogP) is 3.61. The van der Waals surface area contributed by atoms with Gasteiger partial charge in [-0.05, 0) is 37.1 Å². The van der Waals surface area contributed by atoms with Crippen LogP contribution in [0.15, 0.2) is 71.1 Å². The standard InChI is InChI=1S/C23H23ClN2O2/c24-19-8-6-18(7-9-19)15-26(14-17-4-2-1-3-5-17)16-21-12-13-22(28-21)23(27)25-20-10-11-20/h1-9,12-13,20H,10-11,14-16H2,(H,25,27)/p+1. The van der Waals surface area contributed by atoms with E-state index in [0.717, 1.165) is 36.7 Å². The molecule has 1 aliphatic carbocycles. The number of furan rings is 1. The molecule has 4 nitrogen and oxygen atoms in total. The van der Waals surface area contributed by atoms with Gasteiger partial charge in [0.2, 0.25) is 0 Å². The van der Waals surface area contributed by atoms with Crippen molar-refractivity contribution in [2.24, 2.45) is 0 Å². The van der Waals surface area contributed by atoms with Crippen LogP contribution < -0.4 is 10.2 Å². The minimum absolute atomic E-state index is 0.115. The van der Waals surface area contributed by atoms with Crippen LogP contribution >= 0.6 is 11.6 Å². The van der Waals surface area contributed by atoms with Crippen molar-refractivity contribution in [1.29, 1.82) is 0 Å². The summed E-state index contributed by atoms with van der Waals surface area (Å²) in [6.07, 6.45) is 2.13. The molecule has 1 heterocycles. The second kappa shape index (κ2) is 8.63. The molecule has 0 radical (unpaired) electrons. The average molecular weight is 396 g/mol. The van der Waals surface area contributed by atoms with Gasteiger partial charge in [0.05, 0.1) is 0 Å². The molecule has 2 aromatic carbocycles. The van der Waals surface area contributed by atoms with Gasteiger partial charge in [-0.2, -0.15) is 0 Å².